The molecule has 0 bridgehead atoms. The lowest BCUT2D eigenvalue weighted by atomic mass is 10.1. The molecule has 0 saturated carbocycles. The summed E-state index contributed by atoms with van der Waals surface area (Å²) < 4.78 is 34.1. The van der Waals surface area contributed by atoms with Gasteiger partial charge >= 0.3 is 5.97 Å². The van der Waals surface area contributed by atoms with Gasteiger partial charge in [-0.25, -0.2) is 13.2 Å². The summed E-state index contributed by atoms with van der Waals surface area (Å²) in [7, 11) is -3.97. The number of amides is 1. The zero-order valence-electron chi connectivity index (χ0n) is 20.7. The van der Waals surface area contributed by atoms with Gasteiger partial charge in [-0.05, 0) is 73.5 Å². The van der Waals surface area contributed by atoms with E-state index >= 15 is 0 Å². The van der Waals surface area contributed by atoms with Crippen molar-refractivity contribution in [3.05, 3.63) is 108 Å². The van der Waals surface area contributed by atoms with Crippen molar-refractivity contribution >= 4 is 50.7 Å². The third kappa shape index (κ3) is 5.16. The number of ether oxygens (including phenoxy) is 1. The normalized spacial score (nSPS) is 12.3. The van der Waals surface area contributed by atoms with Gasteiger partial charge in [0.2, 0.25) is 0 Å². The number of carbonyl (C=O) groups is 2. The molecule has 7 nitrogen and oxygen atoms in total. The number of anilines is 3. The van der Waals surface area contributed by atoms with Gasteiger partial charge in [-0.15, -0.1) is 0 Å². The molecule has 1 amide bonds. The molecule has 0 aromatic heterocycles. The predicted octanol–water partition coefficient (Wildman–Crippen LogP) is 6.09. The van der Waals surface area contributed by atoms with Gasteiger partial charge in [-0.1, -0.05) is 54.2 Å². The van der Waals surface area contributed by atoms with E-state index in [2.05, 4.69) is 4.72 Å². The van der Waals surface area contributed by atoms with Crippen LogP contribution in [0.25, 0.3) is 0 Å². The van der Waals surface area contributed by atoms with Crippen molar-refractivity contribution in [2.24, 2.45) is 0 Å². The molecule has 192 valence electrons. The number of rotatable bonds is 6. The maximum absolute atomic E-state index is 13.3. The van der Waals surface area contributed by atoms with E-state index in [-0.39, 0.29) is 10.5 Å². The largest absolute Gasteiger partial charge is 0.452 e. The van der Waals surface area contributed by atoms with Gasteiger partial charge in [0, 0.05) is 15.5 Å². The second-order valence-electron chi connectivity index (χ2n) is 8.80. The lowest BCUT2D eigenvalue weighted by molar-refractivity contribution is -0.121. The highest BCUT2D eigenvalue weighted by Gasteiger charge is 2.29. The van der Waals surface area contributed by atoms with Crippen LogP contribution in [0.15, 0.2) is 106 Å². The number of fused-ring (bicyclic) bond motifs is 2. The zero-order chi connectivity index (χ0) is 26.9. The standard InChI is InChI=1S/C29H24N2O5S2/c1-19-8-7-9-22(16-19)30-38(34,35)27-17-21(15-14-20(27)2)29(33)36-18-28(32)31-23-10-3-5-12-25(23)37-26-13-6-4-11-24(26)31/h3-17,30H,18H2,1-2H3. The third-order valence-corrected chi connectivity index (χ3v) is 8.65. The zero-order valence-corrected chi connectivity index (χ0v) is 22.3. The van der Waals surface area contributed by atoms with Crippen molar-refractivity contribution in [3.8, 4) is 0 Å². The molecule has 9 heteroatoms. The summed E-state index contributed by atoms with van der Waals surface area (Å²) in [6, 6.07) is 26.3. The maximum atomic E-state index is 13.3. The molecule has 0 radical (unpaired) electrons. The molecule has 0 spiro atoms. The van der Waals surface area contributed by atoms with E-state index in [4.69, 9.17) is 4.74 Å². The highest BCUT2D eigenvalue weighted by molar-refractivity contribution is 7.99. The Balaban J connectivity index is 1.35. The monoisotopic (exact) mass is 544 g/mol. The molecule has 1 heterocycles. The number of para-hydroxylation sites is 2. The summed E-state index contributed by atoms with van der Waals surface area (Å²) in [5.74, 6) is -1.21. The Kier molecular flexibility index (Phi) is 6.96. The number of aryl methyl sites for hydroxylation is 2. The molecule has 0 unspecified atom stereocenters. The first-order chi connectivity index (χ1) is 18.2. The van der Waals surface area contributed by atoms with Gasteiger partial charge in [0.15, 0.2) is 6.61 Å². The first kappa shape index (κ1) is 25.6. The quantitative estimate of drug-likeness (QED) is 0.295. The molecule has 0 atom stereocenters. The van der Waals surface area contributed by atoms with Crippen molar-refractivity contribution in [1.29, 1.82) is 0 Å². The van der Waals surface area contributed by atoms with Crippen LogP contribution in [-0.2, 0) is 19.6 Å². The number of carbonyl (C=O) groups excluding carboxylic acids is 2. The number of hydrogen-bond donors (Lipinski definition) is 1. The molecule has 4 aromatic carbocycles. The van der Waals surface area contributed by atoms with Gasteiger partial charge in [0.05, 0.1) is 21.8 Å². The first-order valence-corrected chi connectivity index (χ1v) is 14.1. The highest BCUT2D eigenvalue weighted by atomic mass is 32.2. The van der Waals surface area contributed by atoms with Gasteiger partial charge in [-0.3, -0.25) is 14.4 Å². The van der Waals surface area contributed by atoms with E-state index < -0.39 is 28.5 Å². The molecule has 1 N–H and O–H groups in total. The van der Waals surface area contributed by atoms with Gasteiger partial charge in [0.1, 0.15) is 0 Å². The summed E-state index contributed by atoms with van der Waals surface area (Å²) in [6.45, 7) is 3.00. The summed E-state index contributed by atoms with van der Waals surface area (Å²) in [5, 5.41) is 0. The van der Waals surface area contributed by atoms with E-state index in [0.29, 0.717) is 22.6 Å². The molecule has 0 fully saturated rings. The van der Waals surface area contributed by atoms with Crippen LogP contribution >= 0.6 is 11.8 Å². The van der Waals surface area contributed by atoms with E-state index in [0.717, 1.165) is 15.4 Å². The highest BCUT2D eigenvalue weighted by Crippen LogP contribution is 2.47. The minimum Gasteiger partial charge on any atom is -0.452 e. The number of benzene rings is 4. The Morgan fingerprint density at radius 2 is 1.50 bits per heavy atom. The SMILES string of the molecule is Cc1cccc(NS(=O)(=O)c2cc(C(=O)OCC(=O)N3c4ccccc4Sc4ccccc43)ccc2C)c1. The second-order valence-corrected chi connectivity index (χ2v) is 11.5. The summed E-state index contributed by atoms with van der Waals surface area (Å²) >= 11 is 1.57. The maximum Gasteiger partial charge on any atom is 0.338 e. The Bertz CT molecular complexity index is 1620. The van der Waals surface area contributed by atoms with Crippen LogP contribution in [-0.4, -0.2) is 26.9 Å². The van der Waals surface area contributed by atoms with Crippen molar-refractivity contribution in [1.82, 2.24) is 0 Å². The van der Waals surface area contributed by atoms with E-state index in [1.54, 1.807) is 41.8 Å². The molecule has 0 saturated heterocycles. The molecular weight excluding hydrogens is 520 g/mol. The molecular formula is C29H24N2O5S2. The minimum atomic E-state index is -3.97. The third-order valence-electron chi connectivity index (χ3n) is 5.99. The summed E-state index contributed by atoms with van der Waals surface area (Å²) in [5.41, 5.74) is 3.25. The fraction of sp³-hybridized carbons (Fsp3) is 0.103. The molecule has 38 heavy (non-hydrogen) atoms. The van der Waals surface area contributed by atoms with Crippen LogP contribution in [0.2, 0.25) is 0 Å². The molecule has 0 aliphatic carbocycles. The van der Waals surface area contributed by atoms with Crippen molar-refractivity contribution in [2.45, 2.75) is 28.5 Å². The smallest absolute Gasteiger partial charge is 0.338 e. The number of nitrogens with one attached hydrogen (secondary N) is 1. The van der Waals surface area contributed by atoms with E-state index in [1.165, 1.54) is 18.2 Å². The average Bonchev–Trinajstić information content (AvgIpc) is 2.90. The lowest BCUT2D eigenvalue weighted by Gasteiger charge is -2.30. The summed E-state index contributed by atoms with van der Waals surface area (Å²) in [6.07, 6.45) is 0. The molecule has 1 aliphatic heterocycles. The Morgan fingerprint density at radius 1 is 0.842 bits per heavy atom. The fourth-order valence-corrected chi connectivity index (χ4v) is 6.56. The number of esters is 1. The molecule has 5 rings (SSSR count). The van der Waals surface area contributed by atoms with Crippen molar-refractivity contribution in [3.63, 3.8) is 0 Å². The second kappa shape index (κ2) is 10.4. The topological polar surface area (TPSA) is 92.8 Å². The summed E-state index contributed by atoms with van der Waals surface area (Å²) in [4.78, 5) is 29.5. The van der Waals surface area contributed by atoms with Crippen molar-refractivity contribution < 1.29 is 22.7 Å². The lowest BCUT2D eigenvalue weighted by Crippen LogP contribution is -2.32. The van der Waals surface area contributed by atoms with Crippen molar-refractivity contribution in [2.75, 3.05) is 16.2 Å². The van der Waals surface area contributed by atoms with E-state index in [9.17, 15) is 18.0 Å². The minimum absolute atomic E-state index is 0.0306. The molecule has 1 aliphatic rings. The van der Waals surface area contributed by atoms with Crippen LogP contribution in [0.4, 0.5) is 17.1 Å². The van der Waals surface area contributed by atoms with E-state index in [1.807, 2.05) is 61.5 Å². The van der Waals surface area contributed by atoms with Gasteiger partial charge < -0.3 is 4.74 Å². The van der Waals surface area contributed by atoms with Crippen LogP contribution < -0.4 is 9.62 Å². The Hall–Kier alpha value is -4.08. The molecule has 4 aromatic rings. The van der Waals surface area contributed by atoms with Crippen LogP contribution in [0, 0.1) is 13.8 Å². The first-order valence-electron chi connectivity index (χ1n) is 11.8. The van der Waals surface area contributed by atoms with Crippen LogP contribution in [0.5, 0.6) is 0 Å². The van der Waals surface area contributed by atoms with Gasteiger partial charge in [0.25, 0.3) is 15.9 Å². The Morgan fingerprint density at radius 3 is 2.16 bits per heavy atom. The number of sulfonamides is 1. The van der Waals surface area contributed by atoms with Gasteiger partial charge in [-0.2, -0.15) is 0 Å². The van der Waals surface area contributed by atoms with Crippen LogP contribution in [0.3, 0.4) is 0 Å². The fourth-order valence-electron chi connectivity index (χ4n) is 4.18. The number of hydrogen-bond acceptors (Lipinski definition) is 6. The Labute approximate surface area is 225 Å². The number of nitrogens with zero attached hydrogens (tertiary/aromatic N) is 1. The predicted molar refractivity (Wildman–Crippen MR) is 148 cm³/mol. The average molecular weight is 545 g/mol. The van der Waals surface area contributed by atoms with Crippen LogP contribution in [0.1, 0.15) is 21.5 Å².